The largest absolute Gasteiger partial charge is 0.475 e. The van der Waals surface area contributed by atoms with E-state index < -0.39 is 0 Å². The van der Waals surface area contributed by atoms with Crippen molar-refractivity contribution in [2.75, 3.05) is 36.5 Å². The van der Waals surface area contributed by atoms with Crippen LogP contribution in [0.5, 0.6) is 0 Å². The summed E-state index contributed by atoms with van der Waals surface area (Å²) >= 11 is 0. The number of nitrogens with zero attached hydrogens (tertiary/aromatic N) is 1. The summed E-state index contributed by atoms with van der Waals surface area (Å²) in [5, 5.41) is 3.13. The average molecular weight is 232 g/mol. The molecule has 1 saturated heterocycles. The number of morpholine rings is 1. The van der Waals surface area contributed by atoms with Gasteiger partial charge in [0.1, 0.15) is 6.61 Å². The molecule has 2 aliphatic heterocycles. The number of fused-ring (bicyclic) bond motifs is 1. The van der Waals surface area contributed by atoms with Crippen LogP contribution in [0, 0.1) is 0 Å². The van der Waals surface area contributed by atoms with Crippen molar-refractivity contribution in [1.29, 1.82) is 0 Å². The number of hydrogen-bond acceptors (Lipinski definition) is 4. The molecule has 1 aromatic carbocycles. The minimum absolute atomic E-state index is 0.597. The second-order valence-corrected chi connectivity index (χ2v) is 4.28. The number of benzene rings is 1. The molecular formula is C13H16N2O2. The zero-order chi connectivity index (χ0) is 11.7. The van der Waals surface area contributed by atoms with E-state index in [1.54, 1.807) is 0 Å². The second kappa shape index (κ2) is 4.30. The van der Waals surface area contributed by atoms with Gasteiger partial charge in [0.15, 0.2) is 5.88 Å². The first-order valence-corrected chi connectivity index (χ1v) is 5.87. The Balaban J connectivity index is 1.85. The topological polar surface area (TPSA) is 33.7 Å². The highest BCUT2D eigenvalue weighted by Crippen LogP contribution is 2.28. The molecule has 4 nitrogen and oxygen atoms in total. The van der Waals surface area contributed by atoms with Crippen molar-refractivity contribution in [1.82, 2.24) is 0 Å². The van der Waals surface area contributed by atoms with Crippen LogP contribution in [0.25, 0.3) is 0 Å². The summed E-state index contributed by atoms with van der Waals surface area (Å²) in [6, 6.07) is 6.41. The zero-order valence-corrected chi connectivity index (χ0v) is 9.74. The molecule has 1 aromatic rings. The normalized spacial score (nSPS) is 19.3. The molecule has 0 aliphatic carbocycles. The lowest BCUT2D eigenvalue weighted by atomic mass is 10.1. The molecule has 0 radical (unpaired) electrons. The molecule has 3 rings (SSSR count). The van der Waals surface area contributed by atoms with E-state index >= 15 is 0 Å². The maximum atomic E-state index is 5.40. The molecule has 1 fully saturated rings. The van der Waals surface area contributed by atoms with Crippen LogP contribution < -0.4 is 10.2 Å². The molecule has 1 N–H and O–H groups in total. The van der Waals surface area contributed by atoms with Crippen molar-refractivity contribution in [3.63, 3.8) is 0 Å². The maximum absolute atomic E-state index is 5.40. The van der Waals surface area contributed by atoms with Crippen LogP contribution in [0.3, 0.4) is 0 Å². The number of ether oxygens (including phenoxy) is 2. The first-order valence-electron chi connectivity index (χ1n) is 5.87. The molecule has 0 aromatic heterocycles. The van der Waals surface area contributed by atoms with Crippen molar-refractivity contribution in [2.24, 2.45) is 0 Å². The summed E-state index contributed by atoms with van der Waals surface area (Å²) in [6.07, 6.45) is 0. The van der Waals surface area contributed by atoms with Crippen LogP contribution >= 0.6 is 0 Å². The van der Waals surface area contributed by atoms with Gasteiger partial charge >= 0.3 is 0 Å². The number of rotatable bonds is 1. The summed E-state index contributed by atoms with van der Waals surface area (Å²) in [5.74, 6) is 0.622. The Morgan fingerprint density at radius 3 is 2.88 bits per heavy atom. The van der Waals surface area contributed by atoms with Crippen molar-refractivity contribution >= 4 is 11.4 Å². The number of nitrogens with one attached hydrogen (secondary N) is 1. The van der Waals surface area contributed by atoms with E-state index in [4.69, 9.17) is 9.47 Å². The number of anilines is 2. The van der Waals surface area contributed by atoms with E-state index in [0.717, 1.165) is 32.0 Å². The summed E-state index contributed by atoms with van der Waals surface area (Å²) in [6.45, 7) is 7.89. The predicted molar refractivity (Wildman–Crippen MR) is 67.0 cm³/mol. The fourth-order valence-corrected chi connectivity index (χ4v) is 2.19. The Bertz CT molecular complexity index is 439. The Morgan fingerprint density at radius 2 is 2.06 bits per heavy atom. The molecule has 0 spiro atoms. The fourth-order valence-electron chi connectivity index (χ4n) is 2.19. The lowest BCUT2D eigenvalue weighted by molar-refractivity contribution is 0.122. The third-order valence-corrected chi connectivity index (χ3v) is 3.14. The molecular weight excluding hydrogens is 216 g/mol. The van der Waals surface area contributed by atoms with Gasteiger partial charge in [-0.3, -0.25) is 0 Å². The molecule has 0 saturated carbocycles. The molecule has 17 heavy (non-hydrogen) atoms. The highest BCUT2D eigenvalue weighted by Gasteiger charge is 2.16. The second-order valence-electron chi connectivity index (χ2n) is 4.28. The van der Waals surface area contributed by atoms with Crippen molar-refractivity contribution in [3.05, 3.63) is 36.2 Å². The van der Waals surface area contributed by atoms with Crippen LogP contribution in [0.4, 0.5) is 11.4 Å². The Labute approximate surface area is 101 Å². The first kappa shape index (κ1) is 10.5. The molecule has 0 unspecified atom stereocenters. The minimum atomic E-state index is 0.597. The molecule has 90 valence electrons. The molecule has 0 bridgehead atoms. The smallest absolute Gasteiger partial charge is 0.184 e. The van der Waals surface area contributed by atoms with Gasteiger partial charge in [-0.1, -0.05) is 0 Å². The van der Waals surface area contributed by atoms with Crippen LogP contribution in [-0.2, 0) is 16.1 Å². The van der Waals surface area contributed by atoms with Gasteiger partial charge in [-0.15, -0.1) is 0 Å². The lowest BCUT2D eigenvalue weighted by Crippen LogP contribution is -2.36. The predicted octanol–water partition coefficient (Wildman–Crippen LogP) is 1.94. The van der Waals surface area contributed by atoms with Gasteiger partial charge in [0, 0.05) is 30.0 Å². The van der Waals surface area contributed by atoms with Gasteiger partial charge in [-0.05, 0) is 24.8 Å². The van der Waals surface area contributed by atoms with Gasteiger partial charge in [0.2, 0.25) is 0 Å². The lowest BCUT2D eigenvalue weighted by Gasteiger charge is -2.30. The summed E-state index contributed by atoms with van der Waals surface area (Å²) < 4.78 is 10.8. The van der Waals surface area contributed by atoms with Crippen LogP contribution in [0.1, 0.15) is 5.56 Å². The minimum Gasteiger partial charge on any atom is -0.475 e. The fraction of sp³-hybridized carbons (Fsp3) is 0.385. The monoisotopic (exact) mass is 232 g/mol. The Hall–Kier alpha value is -1.68. The average Bonchev–Trinajstić information content (AvgIpc) is 2.39. The third-order valence-electron chi connectivity index (χ3n) is 3.14. The van der Waals surface area contributed by atoms with E-state index in [-0.39, 0.29) is 0 Å². The number of hydrogen-bond donors (Lipinski definition) is 1. The van der Waals surface area contributed by atoms with E-state index in [2.05, 4.69) is 35.0 Å². The molecule has 2 heterocycles. The SMILES string of the molecule is C=C1Nc2ccc(N3CCOCC3)cc2CO1. The zero-order valence-electron chi connectivity index (χ0n) is 9.74. The quantitative estimate of drug-likeness (QED) is 0.802. The van der Waals surface area contributed by atoms with Gasteiger partial charge in [0.25, 0.3) is 0 Å². The van der Waals surface area contributed by atoms with Gasteiger partial charge in [-0.25, -0.2) is 0 Å². The van der Waals surface area contributed by atoms with Crippen molar-refractivity contribution in [2.45, 2.75) is 6.61 Å². The molecule has 2 aliphatic rings. The van der Waals surface area contributed by atoms with E-state index in [1.165, 1.54) is 11.3 Å². The van der Waals surface area contributed by atoms with Crippen LogP contribution in [-0.4, -0.2) is 26.3 Å². The summed E-state index contributed by atoms with van der Waals surface area (Å²) in [4.78, 5) is 2.34. The van der Waals surface area contributed by atoms with Crippen molar-refractivity contribution < 1.29 is 9.47 Å². The standard InChI is InChI=1S/C13H16N2O2/c1-10-14-13-3-2-12(8-11(13)9-17-10)15-4-6-16-7-5-15/h2-3,8,14H,1,4-7,9H2. The highest BCUT2D eigenvalue weighted by molar-refractivity contribution is 5.63. The van der Waals surface area contributed by atoms with Gasteiger partial charge in [0.05, 0.1) is 13.2 Å². The first-order chi connectivity index (χ1) is 8.33. The summed E-state index contributed by atoms with van der Waals surface area (Å²) in [5.41, 5.74) is 3.52. The van der Waals surface area contributed by atoms with Crippen LogP contribution in [0.2, 0.25) is 0 Å². The molecule has 0 atom stereocenters. The Morgan fingerprint density at radius 1 is 1.24 bits per heavy atom. The molecule has 4 heteroatoms. The molecule has 0 amide bonds. The van der Waals surface area contributed by atoms with E-state index in [1.807, 2.05) is 0 Å². The van der Waals surface area contributed by atoms with E-state index in [0.29, 0.717) is 12.5 Å². The van der Waals surface area contributed by atoms with Gasteiger partial charge in [-0.2, -0.15) is 0 Å². The maximum Gasteiger partial charge on any atom is 0.184 e. The Kier molecular flexibility index (Phi) is 2.65. The van der Waals surface area contributed by atoms with E-state index in [9.17, 15) is 0 Å². The third kappa shape index (κ3) is 2.08. The van der Waals surface area contributed by atoms with Gasteiger partial charge < -0.3 is 19.7 Å². The highest BCUT2D eigenvalue weighted by atomic mass is 16.5. The van der Waals surface area contributed by atoms with Crippen LogP contribution in [0.15, 0.2) is 30.7 Å². The summed E-state index contributed by atoms with van der Waals surface area (Å²) in [7, 11) is 0. The van der Waals surface area contributed by atoms with Crippen molar-refractivity contribution in [3.8, 4) is 0 Å².